The Hall–Kier alpha value is -1.92. The Morgan fingerprint density at radius 1 is 1.19 bits per heavy atom. The van der Waals surface area contributed by atoms with Crippen LogP contribution in [-0.4, -0.2) is 21.0 Å². The van der Waals surface area contributed by atoms with E-state index in [-0.39, 0.29) is 5.56 Å². The molecule has 0 aliphatic carbocycles. The zero-order valence-corrected chi connectivity index (χ0v) is 13.1. The monoisotopic (exact) mass is 360 g/mol. The summed E-state index contributed by atoms with van der Waals surface area (Å²) in [6.45, 7) is 0. The number of carboxylic acid groups (broad SMARTS) is 1. The molecule has 21 heavy (non-hydrogen) atoms. The van der Waals surface area contributed by atoms with Crippen molar-refractivity contribution >= 4 is 44.6 Å². The van der Waals surface area contributed by atoms with Crippen LogP contribution in [0.1, 0.15) is 10.4 Å². The van der Waals surface area contributed by atoms with Crippen molar-refractivity contribution in [3.05, 3.63) is 58.7 Å². The Morgan fingerprint density at radius 2 is 2.00 bits per heavy atom. The fourth-order valence-corrected chi connectivity index (χ4v) is 3.03. The van der Waals surface area contributed by atoms with Crippen LogP contribution in [0.25, 0.3) is 10.9 Å². The molecule has 0 fully saturated rings. The lowest BCUT2D eigenvalue weighted by Gasteiger charge is -2.04. The van der Waals surface area contributed by atoms with Gasteiger partial charge in [0.1, 0.15) is 0 Å². The molecular formula is C15H9BrN2O2S. The van der Waals surface area contributed by atoms with Crippen molar-refractivity contribution in [2.45, 2.75) is 10.1 Å². The molecule has 1 N–H and O–H groups in total. The predicted octanol–water partition coefficient (Wildman–Crippen LogP) is 4.24. The van der Waals surface area contributed by atoms with Gasteiger partial charge in [0.15, 0.2) is 5.16 Å². The van der Waals surface area contributed by atoms with E-state index in [0.29, 0.717) is 9.63 Å². The van der Waals surface area contributed by atoms with Crippen molar-refractivity contribution in [3.63, 3.8) is 0 Å². The largest absolute Gasteiger partial charge is 0.478 e. The van der Waals surface area contributed by atoms with Gasteiger partial charge in [-0.2, -0.15) is 0 Å². The zero-order valence-electron chi connectivity index (χ0n) is 10.7. The molecule has 2 aromatic carbocycles. The van der Waals surface area contributed by atoms with Gasteiger partial charge in [0, 0.05) is 21.0 Å². The Balaban J connectivity index is 1.94. The van der Waals surface area contributed by atoms with E-state index in [9.17, 15) is 4.79 Å². The molecule has 1 heterocycles. The van der Waals surface area contributed by atoms with Crippen molar-refractivity contribution in [1.29, 1.82) is 0 Å². The standard InChI is InChI=1S/C15H9BrN2O2S/c16-12-6-5-10(7-11(12)14(19)20)21-15-17-8-9-3-1-2-4-13(9)18-15/h1-8H,(H,19,20). The highest BCUT2D eigenvalue weighted by Crippen LogP contribution is 2.29. The summed E-state index contributed by atoms with van der Waals surface area (Å²) in [5.41, 5.74) is 1.09. The van der Waals surface area contributed by atoms with Gasteiger partial charge < -0.3 is 5.11 Å². The van der Waals surface area contributed by atoms with E-state index < -0.39 is 5.97 Å². The van der Waals surface area contributed by atoms with E-state index in [0.717, 1.165) is 15.8 Å². The molecule has 4 nitrogen and oxygen atoms in total. The van der Waals surface area contributed by atoms with Crippen molar-refractivity contribution < 1.29 is 9.90 Å². The molecule has 0 amide bonds. The molecular weight excluding hydrogens is 352 g/mol. The predicted molar refractivity (Wildman–Crippen MR) is 84.8 cm³/mol. The second-order valence-electron chi connectivity index (χ2n) is 4.26. The van der Waals surface area contributed by atoms with Crippen molar-refractivity contribution in [2.75, 3.05) is 0 Å². The molecule has 0 saturated carbocycles. The third kappa shape index (κ3) is 3.06. The Kier molecular flexibility index (Phi) is 3.90. The molecule has 0 spiro atoms. The van der Waals surface area contributed by atoms with Gasteiger partial charge in [-0.3, -0.25) is 0 Å². The molecule has 3 aromatic rings. The van der Waals surface area contributed by atoms with Crippen molar-refractivity contribution in [2.24, 2.45) is 0 Å². The first-order valence-electron chi connectivity index (χ1n) is 6.06. The first kappa shape index (κ1) is 14.0. The van der Waals surface area contributed by atoms with E-state index in [1.807, 2.05) is 30.3 Å². The number of halogens is 1. The minimum absolute atomic E-state index is 0.223. The van der Waals surface area contributed by atoms with Crippen LogP contribution >= 0.6 is 27.7 Å². The molecule has 1 aromatic heterocycles. The van der Waals surface area contributed by atoms with Gasteiger partial charge in [-0.05, 0) is 52.0 Å². The fraction of sp³-hybridized carbons (Fsp3) is 0. The molecule has 0 atom stereocenters. The number of carboxylic acids is 1. The average molecular weight is 361 g/mol. The molecule has 0 unspecified atom stereocenters. The second-order valence-corrected chi connectivity index (χ2v) is 6.16. The lowest BCUT2D eigenvalue weighted by atomic mass is 10.2. The van der Waals surface area contributed by atoms with Crippen LogP contribution in [0, 0.1) is 0 Å². The molecule has 104 valence electrons. The fourth-order valence-electron chi connectivity index (χ4n) is 1.84. The lowest BCUT2D eigenvalue weighted by Crippen LogP contribution is -1.97. The Bertz CT molecular complexity index is 839. The van der Waals surface area contributed by atoms with Gasteiger partial charge in [0.25, 0.3) is 0 Å². The zero-order chi connectivity index (χ0) is 14.8. The lowest BCUT2D eigenvalue weighted by molar-refractivity contribution is 0.0695. The molecule has 0 bridgehead atoms. The van der Waals surface area contributed by atoms with Gasteiger partial charge in [-0.15, -0.1) is 0 Å². The Labute approximate surface area is 133 Å². The van der Waals surface area contributed by atoms with Gasteiger partial charge >= 0.3 is 5.97 Å². The maximum atomic E-state index is 11.1. The maximum Gasteiger partial charge on any atom is 0.336 e. The highest BCUT2D eigenvalue weighted by atomic mass is 79.9. The number of aromatic nitrogens is 2. The van der Waals surface area contributed by atoms with E-state index in [2.05, 4.69) is 25.9 Å². The summed E-state index contributed by atoms with van der Waals surface area (Å²) in [7, 11) is 0. The number of benzene rings is 2. The third-order valence-corrected chi connectivity index (χ3v) is 4.40. The van der Waals surface area contributed by atoms with Crippen molar-refractivity contribution in [3.8, 4) is 0 Å². The summed E-state index contributed by atoms with van der Waals surface area (Å²) >= 11 is 4.56. The third-order valence-electron chi connectivity index (χ3n) is 2.84. The highest BCUT2D eigenvalue weighted by Gasteiger charge is 2.10. The van der Waals surface area contributed by atoms with Crippen LogP contribution in [0.4, 0.5) is 0 Å². The molecule has 0 radical (unpaired) electrons. The number of para-hydroxylation sites is 1. The number of hydrogen-bond acceptors (Lipinski definition) is 4. The summed E-state index contributed by atoms with van der Waals surface area (Å²) in [5, 5.41) is 10.7. The minimum Gasteiger partial charge on any atom is -0.478 e. The van der Waals surface area contributed by atoms with Gasteiger partial charge in [-0.1, -0.05) is 18.2 Å². The minimum atomic E-state index is -0.969. The number of hydrogen-bond donors (Lipinski definition) is 1. The maximum absolute atomic E-state index is 11.1. The molecule has 0 aliphatic rings. The van der Waals surface area contributed by atoms with Crippen LogP contribution in [0.3, 0.4) is 0 Å². The number of rotatable bonds is 3. The summed E-state index contributed by atoms with van der Waals surface area (Å²) in [5.74, 6) is -0.969. The summed E-state index contributed by atoms with van der Waals surface area (Å²) in [6, 6.07) is 12.9. The van der Waals surface area contributed by atoms with Crippen LogP contribution < -0.4 is 0 Å². The van der Waals surface area contributed by atoms with Gasteiger partial charge in [0.05, 0.1) is 11.1 Å². The normalized spacial score (nSPS) is 10.7. The molecule has 0 saturated heterocycles. The molecule has 3 rings (SSSR count). The molecule has 6 heteroatoms. The van der Waals surface area contributed by atoms with E-state index in [1.165, 1.54) is 11.8 Å². The number of carbonyl (C=O) groups is 1. The van der Waals surface area contributed by atoms with Crippen molar-refractivity contribution in [1.82, 2.24) is 9.97 Å². The molecule has 0 aliphatic heterocycles. The van der Waals surface area contributed by atoms with Crippen LogP contribution in [0.15, 0.2) is 63.2 Å². The van der Waals surface area contributed by atoms with Gasteiger partial charge in [-0.25, -0.2) is 14.8 Å². The summed E-state index contributed by atoms with van der Waals surface area (Å²) < 4.78 is 0.554. The summed E-state index contributed by atoms with van der Waals surface area (Å²) in [4.78, 5) is 20.7. The number of aromatic carboxylic acids is 1. The average Bonchev–Trinajstić information content (AvgIpc) is 2.49. The quantitative estimate of drug-likeness (QED) is 0.707. The van der Waals surface area contributed by atoms with E-state index in [4.69, 9.17) is 5.11 Å². The first-order chi connectivity index (χ1) is 10.1. The summed E-state index contributed by atoms with van der Waals surface area (Å²) in [6.07, 6.45) is 1.77. The Morgan fingerprint density at radius 3 is 2.81 bits per heavy atom. The van der Waals surface area contributed by atoms with Crippen LogP contribution in [-0.2, 0) is 0 Å². The number of fused-ring (bicyclic) bond motifs is 1. The second kappa shape index (κ2) is 5.83. The van der Waals surface area contributed by atoms with E-state index in [1.54, 1.807) is 18.3 Å². The topological polar surface area (TPSA) is 63.1 Å². The van der Waals surface area contributed by atoms with E-state index >= 15 is 0 Å². The van der Waals surface area contributed by atoms with Crippen LogP contribution in [0.5, 0.6) is 0 Å². The number of nitrogens with zero attached hydrogens (tertiary/aromatic N) is 2. The first-order valence-corrected chi connectivity index (χ1v) is 7.67. The highest BCUT2D eigenvalue weighted by molar-refractivity contribution is 9.10. The van der Waals surface area contributed by atoms with Crippen LogP contribution in [0.2, 0.25) is 0 Å². The smallest absolute Gasteiger partial charge is 0.336 e. The van der Waals surface area contributed by atoms with Gasteiger partial charge in [0.2, 0.25) is 0 Å². The SMILES string of the molecule is O=C(O)c1cc(Sc2ncc3ccccc3n2)ccc1Br.